The van der Waals surface area contributed by atoms with Crippen molar-refractivity contribution in [3.8, 4) is 39.6 Å². The molecule has 0 atom stereocenters. The van der Waals surface area contributed by atoms with E-state index in [1.165, 1.54) is 0 Å². The molecule has 11 aromatic rings. The van der Waals surface area contributed by atoms with Gasteiger partial charge in [-0.05, 0) is 90.6 Å². The number of hydrogen-bond donors (Lipinski definition) is 0. The third-order valence-corrected chi connectivity index (χ3v) is 15.4. The summed E-state index contributed by atoms with van der Waals surface area (Å²) in [5.41, 5.74) is 10.7. The number of hydrogen-bond acceptors (Lipinski definition) is 5. The smallest absolute Gasteiger partial charge is 0.204 e. The molecule has 0 bridgehead atoms. The Morgan fingerprint density at radius 2 is 1.25 bits per heavy atom. The largest absolute Gasteiger partial charge is 0.509 e. The average Bonchev–Trinajstić information content (AvgIpc) is 4.12. The summed E-state index contributed by atoms with van der Waals surface area (Å²) in [6, 6.07) is 50.3. The Labute approximate surface area is 466 Å². The molecule has 0 saturated carbocycles. The Morgan fingerprint density at radius 1 is 0.613 bits per heavy atom. The fourth-order valence-electron chi connectivity index (χ4n) is 10.1. The predicted molar refractivity (Wildman–Crippen MR) is 310 cm³/mol. The maximum Gasteiger partial charge on any atom is 0.204 e. The van der Waals surface area contributed by atoms with Crippen molar-refractivity contribution < 1.29 is 32.7 Å². The number of anilines is 4. The first-order valence-corrected chi connectivity index (χ1v) is 25.7. The van der Waals surface area contributed by atoms with Crippen LogP contribution in [-0.2, 0) is 37.3 Å². The summed E-state index contributed by atoms with van der Waals surface area (Å²) in [6.07, 6.45) is 1.87. The normalized spacial score (nSPS) is 13.8. The Hall–Kier alpha value is -7.49. The fourth-order valence-corrected chi connectivity index (χ4v) is 11.5. The van der Waals surface area contributed by atoms with Gasteiger partial charge in [0.15, 0.2) is 0 Å². The van der Waals surface area contributed by atoms with E-state index < -0.39 is 18.1 Å². The molecule has 12 rings (SSSR count). The van der Waals surface area contributed by atoms with Gasteiger partial charge in [0.2, 0.25) is 5.69 Å². The number of rotatable bonds is 7. The molecule has 0 fully saturated rings. The van der Waals surface area contributed by atoms with Gasteiger partial charge in [0.05, 0.1) is 13.4 Å². The monoisotopic (exact) mass is 1180 g/mol. The van der Waals surface area contributed by atoms with Crippen LogP contribution in [0.5, 0.6) is 11.5 Å². The number of nitrogens with zero attached hydrogens (tertiary/aromatic N) is 5. The van der Waals surface area contributed by atoms with Crippen LogP contribution in [0.1, 0.15) is 85.9 Å². The zero-order chi connectivity index (χ0) is 55.6. The van der Waals surface area contributed by atoms with E-state index in [0.717, 1.165) is 87.0 Å². The Kier molecular flexibility index (Phi) is 10.9. The van der Waals surface area contributed by atoms with Crippen LogP contribution in [0.2, 0.25) is 0 Å². The van der Waals surface area contributed by atoms with Gasteiger partial charge in [-0.3, -0.25) is 0 Å². The van der Waals surface area contributed by atoms with E-state index >= 15 is 0 Å². The summed E-state index contributed by atoms with van der Waals surface area (Å²) in [5, 5.41) is 4.20. The minimum absolute atomic E-state index is 0. The van der Waals surface area contributed by atoms with Crippen molar-refractivity contribution in [2.45, 2.75) is 78.6 Å². The molecule has 4 heterocycles. The molecular formula is C67H56N5OPtS-3. The molecule has 75 heavy (non-hydrogen) atoms. The summed E-state index contributed by atoms with van der Waals surface area (Å²) in [4.78, 5) is 13.0. The van der Waals surface area contributed by atoms with Gasteiger partial charge in [0.25, 0.3) is 0 Å². The van der Waals surface area contributed by atoms with Gasteiger partial charge >= 0.3 is 0 Å². The van der Waals surface area contributed by atoms with Gasteiger partial charge in [-0.2, -0.15) is 12.1 Å². The predicted octanol–water partition coefficient (Wildman–Crippen LogP) is 19.1. The van der Waals surface area contributed by atoms with Crippen molar-refractivity contribution in [3.63, 3.8) is 0 Å². The van der Waals surface area contributed by atoms with Crippen molar-refractivity contribution in [1.82, 2.24) is 9.55 Å². The quantitative estimate of drug-likeness (QED) is 0.149. The van der Waals surface area contributed by atoms with Gasteiger partial charge < -0.3 is 19.1 Å². The molecule has 8 aromatic carbocycles. The van der Waals surface area contributed by atoms with Crippen molar-refractivity contribution >= 4 is 81.8 Å². The van der Waals surface area contributed by atoms with E-state index in [1.54, 1.807) is 11.3 Å². The van der Waals surface area contributed by atoms with Gasteiger partial charge in [0, 0.05) is 81.9 Å². The Balaban J connectivity index is 0.00000675. The molecular weight excluding hydrogens is 1120 g/mol. The molecule has 0 N–H and O–H groups in total. The first kappa shape index (κ1) is 43.9. The van der Waals surface area contributed by atoms with Gasteiger partial charge in [-0.25, -0.2) is 9.83 Å². The number of fused-ring (bicyclic) bond motifs is 8. The summed E-state index contributed by atoms with van der Waals surface area (Å²) >= 11 is 1.64. The van der Waals surface area contributed by atoms with Gasteiger partial charge in [-0.15, -0.1) is 59.4 Å². The zero-order valence-corrected chi connectivity index (χ0v) is 46.3. The second-order valence-corrected chi connectivity index (χ2v) is 23.1. The van der Waals surface area contributed by atoms with E-state index in [-0.39, 0.29) is 55.0 Å². The Bertz CT molecular complexity index is 4320. The first-order chi connectivity index (χ1) is 37.6. The minimum atomic E-state index is -0.445. The van der Waals surface area contributed by atoms with E-state index in [9.17, 15) is 2.74 Å². The van der Waals surface area contributed by atoms with Crippen LogP contribution >= 0.6 is 11.3 Å². The maximum atomic E-state index is 9.26. The number of benzene rings is 8. The first-order valence-electron chi connectivity index (χ1n) is 27.4. The van der Waals surface area contributed by atoms with Crippen LogP contribution in [0.25, 0.3) is 74.9 Å². The fraction of sp³-hybridized carbons (Fsp3) is 0.179. The summed E-state index contributed by atoms with van der Waals surface area (Å²) < 4.78 is 55.6. The zero-order valence-electron chi connectivity index (χ0n) is 48.2. The second-order valence-electron chi connectivity index (χ2n) is 22.1. The van der Waals surface area contributed by atoms with Crippen LogP contribution in [0.3, 0.4) is 0 Å². The molecule has 0 amide bonds. The molecule has 374 valence electrons. The van der Waals surface area contributed by atoms with Gasteiger partial charge in [-0.1, -0.05) is 171 Å². The van der Waals surface area contributed by atoms with Gasteiger partial charge in [0.1, 0.15) is 5.82 Å². The third-order valence-electron chi connectivity index (χ3n) is 14.1. The van der Waals surface area contributed by atoms with E-state index in [2.05, 4.69) is 149 Å². The number of thiophene rings is 1. The van der Waals surface area contributed by atoms with Crippen molar-refractivity contribution in [3.05, 3.63) is 217 Å². The average molecular weight is 1180 g/mol. The third kappa shape index (κ3) is 8.78. The summed E-state index contributed by atoms with van der Waals surface area (Å²) in [5.74, 6) is 1.70. The molecule has 0 unspecified atom stereocenters. The Morgan fingerprint density at radius 3 is 1.96 bits per heavy atom. The molecule has 0 aliphatic carbocycles. The van der Waals surface area contributed by atoms with Crippen LogP contribution in [0.15, 0.2) is 170 Å². The van der Waals surface area contributed by atoms with Crippen LogP contribution < -0.4 is 14.5 Å². The van der Waals surface area contributed by atoms with E-state index in [1.807, 2.05) is 90.6 Å². The molecule has 6 nitrogen and oxygen atoms in total. The molecule has 3 aromatic heterocycles. The van der Waals surface area contributed by atoms with Crippen LogP contribution in [0.4, 0.5) is 28.4 Å². The number of ether oxygens (including phenoxy) is 1. The number of aromatic nitrogens is 2. The summed E-state index contributed by atoms with van der Waals surface area (Å²) in [7, 11) is 0. The standard InChI is InChI=1S/C67H56N5OS.Pt/c1-65(2,3)44-33-34-69-60(38-44)72-58-32-31-53-52-25-18-26-55(68-10)63(52)74-64(53)61(58)54-30-29-49(40-59(54)72)73-48-22-16-21-47(39-48)70-41-71(57-28-15-14-27-56(57)70)62-50(42-19-12-11-13-20-42)23-17-24-51(62)43-35-45(66(4,5)6)37-46(36-43)67(7,8)9;/h11-38,41H,1-9H3;/q-3;/i11D,12D,13D,19D,20D;. The number of pyridine rings is 1. The minimum Gasteiger partial charge on any atom is -0.509 e. The van der Waals surface area contributed by atoms with Crippen molar-refractivity contribution in [1.29, 1.82) is 0 Å². The summed E-state index contributed by atoms with van der Waals surface area (Å²) in [6.45, 7) is 29.8. The van der Waals surface area contributed by atoms with Crippen molar-refractivity contribution in [2.75, 3.05) is 9.80 Å². The second kappa shape index (κ2) is 18.7. The molecule has 1 aliphatic rings. The van der Waals surface area contributed by atoms with E-state index in [4.69, 9.17) is 20.4 Å². The molecule has 1 aliphatic heterocycles. The molecule has 0 spiro atoms. The number of para-hydroxylation sites is 3. The van der Waals surface area contributed by atoms with E-state index in [0.29, 0.717) is 34.1 Å². The topological polar surface area (TPSA) is 37.9 Å². The molecule has 8 heteroatoms. The van der Waals surface area contributed by atoms with Crippen LogP contribution in [-0.4, -0.2) is 9.55 Å². The van der Waals surface area contributed by atoms with Crippen molar-refractivity contribution in [2.24, 2.45) is 0 Å². The molecule has 0 saturated heterocycles. The molecule has 0 radical (unpaired) electrons. The van der Waals surface area contributed by atoms with Crippen LogP contribution in [0, 0.1) is 25.4 Å². The SMILES string of the molecule is [2H]c1c([2H])c([2H])c(-c2cccc(-c3cc(C(C)(C)C)cc(C(C)(C)C)c3)c2N2[CH-]N(c3[c-]c(Oc4[c-]c5c(cc4)c4c6sc7c([N+]#[C-])cccc7c6ccc4n5-c4cc(C(C)(C)C)ccn4)ccc3)c3ccccc32)c([2H])c1[2H].[Pt]. The maximum absolute atomic E-state index is 9.26.